The Morgan fingerprint density at radius 1 is 1.42 bits per heavy atom. The van der Waals surface area contributed by atoms with Gasteiger partial charge in [-0.15, -0.1) is 0 Å². The molecule has 70 valence electrons. The van der Waals surface area contributed by atoms with E-state index in [4.69, 9.17) is 11.5 Å². The van der Waals surface area contributed by atoms with E-state index in [0.717, 1.165) is 12.0 Å². The Morgan fingerprint density at radius 3 is 2.33 bits per heavy atom. The van der Waals surface area contributed by atoms with Crippen molar-refractivity contribution in [1.82, 2.24) is 0 Å². The summed E-state index contributed by atoms with van der Waals surface area (Å²) in [6.45, 7) is 6.29. The van der Waals surface area contributed by atoms with E-state index in [1.165, 1.54) is 0 Å². The predicted molar refractivity (Wildman–Crippen MR) is 54.5 cm³/mol. The second-order valence-electron chi connectivity index (χ2n) is 3.25. The standard InChI is InChI=1S/C10H20N2/c1-4-10(12)6-5-9(7-11)8(2)3/h5-8,10H,4,11-12H2,1-3H3/b6-5-,9-7+. The molecule has 0 aromatic rings. The second-order valence-corrected chi connectivity index (χ2v) is 3.25. The molecule has 1 atom stereocenters. The Balaban J connectivity index is 4.12. The number of nitrogens with two attached hydrogens (primary N) is 2. The van der Waals surface area contributed by atoms with Crippen LogP contribution in [-0.2, 0) is 0 Å². The molecule has 0 fully saturated rings. The fraction of sp³-hybridized carbons (Fsp3) is 0.600. The highest BCUT2D eigenvalue weighted by Crippen LogP contribution is 2.09. The zero-order chi connectivity index (χ0) is 9.56. The quantitative estimate of drug-likeness (QED) is 0.629. The summed E-state index contributed by atoms with van der Waals surface area (Å²) in [5, 5.41) is 0. The first kappa shape index (κ1) is 11.2. The lowest BCUT2D eigenvalue weighted by atomic mass is 10.0. The van der Waals surface area contributed by atoms with Gasteiger partial charge in [-0.25, -0.2) is 0 Å². The average molecular weight is 168 g/mol. The van der Waals surface area contributed by atoms with Crippen LogP contribution >= 0.6 is 0 Å². The maximum Gasteiger partial charge on any atom is 0.0224 e. The van der Waals surface area contributed by atoms with E-state index in [2.05, 4.69) is 20.8 Å². The molecule has 0 aliphatic carbocycles. The van der Waals surface area contributed by atoms with Crippen LogP contribution in [0.1, 0.15) is 27.2 Å². The van der Waals surface area contributed by atoms with Crippen molar-refractivity contribution in [1.29, 1.82) is 0 Å². The van der Waals surface area contributed by atoms with Crippen LogP contribution in [0.15, 0.2) is 23.9 Å². The molecule has 4 N–H and O–H groups in total. The van der Waals surface area contributed by atoms with Gasteiger partial charge in [-0.3, -0.25) is 0 Å². The summed E-state index contributed by atoms with van der Waals surface area (Å²) in [5.41, 5.74) is 12.3. The summed E-state index contributed by atoms with van der Waals surface area (Å²) >= 11 is 0. The van der Waals surface area contributed by atoms with Crippen LogP contribution in [0.5, 0.6) is 0 Å². The van der Waals surface area contributed by atoms with E-state index in [0.29, 0.717) is 5.92 Å². The van der Waals surface area contributed by atoms with Crippen molar-refractivity contribution in [2.45, 2.75) is 33.2 Å². The molecule has 0 saturated heterocycles. The minimum atomic E-state index is 0.152. The fourth-order valence-electron chi connectivity index (χ4n) is 0.811. The molecule has 0 aliphatic heterocycles. The lowest BCUT2D eigenvalue weighted by Gasteiger charge is -2.06. The van der Waals surface area contributed by atoms with Crippen molar-refractivity contribution in [3.8, 4) is 0 Å². The van der Waals surface area contributed by atoms with Gasteiger partial charge in [-0.1, -0.05) is 32.9 Å². The topological polar surface area (TPSA) is 52.0 Å². The number of hydrogen-bond acceptors (Lipinski definition) is 2. The van der Waals surface area contributed by atoms with E-state index in [-0.39, 0.29) is 6.04 Å². The monoisotopic (exact) mass is 168 g/mol. The Bertz CT molecular complexity index is 169. The molecule has 0 rings (SSSR count). The van der Waals surface area contributed by atoms with Gasteiger partial charge in [-0.05, 0) is 24.1 Å². The molecular weight excluding hydrogens is 148 g/mol. The van der Waals surface area contributed by atoms with Crippen LogP contribution in [0.4, 0.5) is 0 Å². The van der Waals surface area contributed by atoms with E-state index in [9.17, 15) is 0 Å². The Morgan fingerprint density at radius 2 is 2.00 bits per heavy atom. The van der Waals surface area contributed by atoms with Gasteiger partial charge in [0.15, 0.2) is 0 Å². The normalized spacial score (nSPS) is 15.9. The summed E-state index contributed by atoms with van der Waals surface area (Å²) in [4.78, 5) is 0. The highest BCUT2D eigenvalue weighted by molar-refractivity contribution is 5.20. The van der Waals surface area contributed by atoms with E-state index < -0.39 is 0 Å². The first-order chi connectivity index (χ1) is 5.61. The average Bonchev–Trinajstić information content (AvgIpc) is 2.04. The predicted octanol–water partition coefficient (Wildman–Crippen LogP) is 1.78. The maximum absolute atomic E-state index is 5.72. The van der Waals surface area contributed by atoms with E-state index >= 15 is 0 Å². The SMILES string of the molecule is CCC(N)/C=C\C(=C/N)C(C)C. The van der Waals surface area contributed by atoms with Crippen molar-refractivity contribution in [3.05, 3.63) is 23.9 Å². The van der Waals surface area contributed by atoms with Crippen molar-refractivity contribution in [2.75, 3.05) is 0 Å². The van der Waals surface area contributed by atoms with Crippen molar-refractivity contribution < 1.29 is 0 Å². The maximum atomic E-state index is 5.72. The summed E-state index contributed by atoms with van der Waals surface area (Å²) in [5.74, 6) is 0.468. The van der Waals surface area contributed by atoms with Crippen LogP contribution in [0.2, 0.25) is 0 Å². The largest absolute Gasteiger partial charge is 0.404 e. The third-order valence-electron chi connectivity index (χ3n) is 1.87. The highest BCUT2D eigenvalue weighted by Gasteiger charge is 1.98. The first-order valence-corrected chi connectivity index (χ1v) is 4.47. The molecule has 0 aromatic heterocycles. The number of rotatable bonds is 4. The van der Waals surface area contributed by atoms with Gasteiger partial charge in [0, 0.05) is 6.04 Å². The molecule has 0 aliphatic rings. The second kappa shape index (κ2) is 5.84. The van der Waals surface area contributed by atoms with Crippen LogP contribution in [0.3, 0.4) is 0 Å². The molecule has 0 saturated carbocycles. The van der Waals surface area contributed by atoms with Gasteiger partial charge in [0.1, 0.15) is 0 Å². The minimum Gasteiger partial charge on any atom is -0.404 e. The fourth-order valence-corrected chi connectivity index (χ4v) is 0.811. The Labute approximate surface area is 75.3 Å². The van der Waals surface area contributed by atoms with Crippen molar-refractivity contribution >= 4 is 0 Å². The van der Waals surface area contributed by atoms with Crippen LogP contribution in [0, 0.1) is 5.92 Å². The molecule has 0 amide bonds. The van der Waals surface area contributed by atoms with Crippen LogP contribution in [0.25, 0.3) is 0 Å². The summed E-state index contributed by atoms with van der Waals surface area (Å²) in [6, 6.07) is 0.152. The molecule has 0 radical (unpaired) electrons. The molecule has 1 unspecified atom stereocenters. The Hall–Kier alpha value is -0.760. The van der Waals surface area contributed by atoms with Gasteiger partial charge in [0.05, 0.1) is 0 Å². The number of allylic oxidation sites excluding steroid dienone is 2. The molecule has 0 aromatic carbocycles. The molecule has 0 bridgehead atoms. The van der Waals surface area contributed by atoms with E-state index in [1.54, 1.807) is 6.20 Å². The zero-order valence-corrected chi connectivity index (χ0v) is 8.25. The van der Waals surface area contributed by atoms with Crippen molar-refractivity contribution in [3.63, 3.8) is 0 Å². The minimum absolute atomic E-state index is 0.152. The molecule has 2 heteroatoms. The smallest absolute Gasteiger partial charge is 0.0224 e. The summed E-state index contributed by atoms with van der Waals surface area (Å²) in [6.07, 6.45) is 6.62. The van der Waals surface area contributed by atoms with E-state index in [1.807, 2.05) is 12.2 Å². The van der Waals surface area contributed by atoms with Gasteiger partial charge < -0.3 is 11.5 Å². The highest BCUT2D eigenvalue weighted by atomic mass is 14.6. The van der Waals surface area contributed by atoms with Crippen molar-refractivity contribution in [2.24, 2.45) is 17.4 Å². The van der Waals surface area contributed by atoms with Gasteiger partial charge in [-0.2, -0.15) is 0 Å². The third kappa shape index (κ3) is 4.19. The lowest BCUT2D eigenvalue weighted by Crippen LogP contribution is -2.14. The lowest BCUT2D eigenvalue weighted by molar-refractivity contribution is 0.765. The first-order valence-electron chi connectivity index (χ1n) is 4.47. The van der Waals surface area contributed by atoms with Crippen LogP contribution < -0.4 is 11.5 Å². The van der Waals surface area contributed by atoms with Gasteiger partial charge in [0.2, 0.25) is 0 Å². The molecular formula is C10H20N2. The Kier molecular flexibility index (Phi) is 5.47. The molecule has 0 spiro atoms. The van der Waals surface area contributed by atoms with Gasteiger partial charge >= 0.3 is 0 Å². The molecule has 12 heavy (non-hydrogen) atoms. The van der Waals surface area contributed by atoms with Gasteiger partial charge in [0.25, 0.3) is 0 Å². The molecule has 0 heterocycles. The summed E-state index contributed by atoms with van der Waals surface area (Å²) in [7, 11) is 0. The molecule has 2 nitrogen and oxygen atoms in total. The summed E-state index contributed by atoms with van der Waals surface area (Å²) < 4.78 is 0. The third-order valence-corrected chi connectivity index (χ3v) is 1.87. The van der Waals surface area contributed by atoms with Crippen LogP contribution in [-0.4, -0.2) is 6.04 Å². The number of hydrogen-bond donors (Lipinski definition) is 2. The zero-order valence-electron chi connectivity index (χ0n) is 8.25.